The van der Waals surface area contributed by atoms with Crippen molar-refractivity contribution in [3.8, 4) is 56.5 Å². The van der Waals surface area contributed by atoms with Crippen LogP contribution in [0.2, 0.25) is 0 Å². The van der Waals surface area contributed by atoms with Gasteiger partial charge in [0.05, 0.1) is 11.2 Å². The van der Waals surface area contributed by atoms with Crippen molar-refractivity contribution in [2.24, 2.45) is 0 Å². The maximum Gasteiger partial charge on any atom is 0.164 e. The van der Waals surface area contributed by atoms with E-state index in [1.165, 1.54) is 41.7 Å². The molecule has 3 aromatic heterocycles. The summed E-state index contributed by atoms with van der Waals surface area (Å²) >= 11 is 1.87. The highest BCUT2D eigenvalue weighted by Gasteiger charge is 2.17. The van der Waals surface area contributed by atoms with Crippen LogP contribution < -0.4 is 0 Å². The Morgan fingerprint density at radius 2 is 0.847 bits per heavy atom. The predicted octanol–water partition coefficient (Wildman–Crippen LogP) is 14.6. The zero-order valence-corrected chi connectivity index (χ0v) is 32.5. The fraction of sp³-hybridized carbons (Fsp3) is 0. The Bertz CT molecular complexity index is 3530. The third-order valence-corrected chi connectivity index (χ3v) is 12.7. The van der Waals surface area contributed by atoms with Gasteiger partial charge < -0.3 is 0 Å². The lowest BCUT2D eigenvalue weighted by Gasteiger charge is -2.13. The number of fused-ring (bicyclic) bond motifs is 9. The van der Waals surface area contributed by atoms with Gasteiger partial charge in [0.15, 0.2) is 17.5 Å². The second-order valence-corrected chi connectivity index (χ2v) is 16.1. The van der Waals surface area contributed by atoms with E-state index < -0.39 is 0 Å². The van der Waals surface area contributed by atoms with Crippen LogP contribution in [0.1, 0.15) is 0 Å². The second kappa shape index (κ2) is 13.5. The van der Waals surface area contributed by atoms with Crippen LogP contribution in [0.15, 0.2) is 194 Å². The van der Waals surface area contributed by atoms with Crippen LogP contribution in [-0.2, 0) is 0 Å². The van der Waals surface area contributed by atoms with Gasteiger partial charge in [-0.1, -0.05) is 164 Å². The summed E-state index contributed by atoms with van der Waals surface area (Å²) in [7, 11) is 0. The average Bonchev–Trinajstić information content (AvgIpc) is 3.70. The summed E-state index contributed by atoms with van der Waals surface area (Å²) in [4.78, 5) is 20.5. The second-order valence-electron chi connectivity index (χ2n) is 15.0. The molecule has 0 bridgehead atoms. The van der Waals surface area contributed by atoms with Crippen molar-refractivity contribution in [1.29, 1.82) is 0 Å². The van der Waals surface area contributed by atoms with Gasteiger partial charge in [-0.2, -0.15) is 0 Å². The van der Waals surface area contributed by atoms with Gasteiger partial charge in [0.2, 0.25) is 0 Å². The first-order valence-corrected chi connectivity index (χ1v) is 20.6. The quantitative estimate of drug-likeness (QED) is 0.164. The summed E-state index contributed by atoms with van der Waals surface area (Å²) < 4.78 is 2.61. The maximum atomic E-state index is 5.30. The molecule has 0 aliphatic carbocycles. The van der Waals surface area contributed by atoms with Crippen LogP contribution >= 0.6 is 11.3 Å². The highest BCUT2D eigenvalue weighted by molar-refractivity contribution is 7.26. The first-order valence-electron chi connectivity index (χ1n) is 19.8. The number of rotatable bonds is 5. The minimum absolute atomic E-state index is 0.631. The van der Waals surface area contributed by atoms with E-state index in [0.717, 1.165) is 60.8 Å². The van der Waals surface area contributed by atoms with E-state index in [9.17, 15) is 0 Å². The van der Waals surface area contributed by atoms with Crippen LogP contribution in [-0.4, -0.2) is 19.9 Å². The van der Waals surface area contributed by atoms with Gasteiger partial charge in [0, 0.05) is 58.6 Å². The van der Waals surface area contributed by atoms with Crippen LogP contribution in [0.25, 0.3) is 120 Å². The molecule has 9 aromatic carbocycles. The zero-order valence-electron chi connectivity index (χ0n) is 31.7. The largest absolute Gasteiger partial charge is 0.247 e. The Morgan fingerprint density at radius 1 is 0.305 bits per heavy atom. The van der Waals surface area contributed by atoms with E-state index in [1.807, 2.05) is 11.3 Å². The van der Waals surface area contributed by atoms with Crippen molar-refractivity contribution in [1.82, 2.24) is 19.9 Å². The van der Waals surface area contributed by atoms with E-state index in [2.05, 4.69) is 194 Å². The van der Waals surface area contributed by atoms with E-state index in [-0.39, 0.29) is 0 Å². The Labute approximate surface area is 343 Å². The van der Waals surface area contributed by atoms with Crippen molar-refractivity contribution in [3.63, 3.8) is 0 Å². The van der Waals surface area contributed by atoms with E-state index >= 15 is 0 Å². The summed E-state index contributed by atoms with van der Waals surface area (Å²) in [6.45, 7) is 0. The molecule has 274 valence electrons. The molecule has 0 saturated heterocycles. The van der Waals surface area contributed by atoms with Crippen molar-refractivity contribution in [3.05, 3.63) is 194 Å². The highest BCUT2D eigenvalue weighted by atomic mass is 32.1. The Balaban J connectivity index is 0.957. The molecule has 0 aliphatic rings. The molecule has 12 rings (SSSR count). The molecule has 59 heavy (non-hydrogen) atoms. The number of aromatic nitrogens is 4. The van der Waals surface area contributed by atoms with Gasteiger partial charge in [-0.25, -0.2) is 19.9 Å². The molecule has 0 saturated carbocycles. The normalized spacial score (nSPS) is 11.7. The van der Waals surface area contributed by atoms with Crippen LogP contribution in [0, 0.1) is 0 Å². The predicted molar refractivity (Wildman–Crippen MR) is 248 cm³/mol. The third kappa shape index (κ3) is 5.74. The monoisotopic (exact) mass is 768 g/mol. The van der Waals surface area contributed by atoms with Gasteiger partial charge in [0.1, 0.15) is 0 Å². The standard InChI is InChI=1S/C54H32N4S/c1-3-12-37-31-41(26-22-33(37)10-1)53-56-52(57-54(58-53)42-27-23-34-11-2-4-13-38(34)32-42)36-24-20-35(21-25-36)39-14-9-15-40(30-39)50-46-29-28-44-43-16-6-8-19-48(43)59-51(44)49(46)45-17-5-7-18-47(45)55-50/h1-32H. The number of nitrogens with zero attached hydrogens (tertiary/aromatic N) is 4. The third-order valence-electron chi connectivity index (χ3n) is 11.5. The smallest absolute Gasteiger partial charge is 0.164 e. The molecule has 5 heteroatoms. The number of para-hydroxylation sites is 1. The first-order chi connectivity index (χ1) is 29.2. The van der Waals surface area contributed by atoms with Gasteiger partial charge >= 0.3 is 0 Å². The van der Waals surface area contributed by atoms with Crippen molar-refractivity contribution in [2.45, 2.75) is 0 Å². The highest BCUT2D eigenvalue weighted by Crippen LogP contribution is 2.43. The number of hydrogen-bond donors (Lipinski definition) is 0. The maximum absolute atomic E-state index is 5.30. The molecule has 12 aromatic rings. The van der Waals surface area contributed by atoms with Gasteiger partial charge in [0.25, 0.3) is 0 Å². The number of thiophene rings is 1. The molecule has 0 N–H and O–H groups in total. The average molecular weight is 769 g/mol. The van der Waals surface area contributed by atoms with E-state index in [4.69, 9.17) is 19.9 Å². The molecule has 0 radical (unpaired) electrons. The molecule has 4 nitrogen and oxygen atoms in total. The number of benzene rings is 9. The van der Waals surface area contributed by atoms with Crippen molar-refractivity contribution in [2.75, 3.05) is 0 Å². The van der Waals surface area contributed by atoms with Gasteiger partial charge in [-0.05, 0) is 63.0 Å². The molecular weight excluding hydrogens is 737 g/mol. The molecule has 0 fully saturated rings. The summed E-state index contributed by atoms with van der Waals surface area (Å²) in [5.41, 5.74) is 8.11. The Kier molecular flexibility index (Phi) is 7.68. The van der Waals surface area contributed by atoms with Crippen molar-refractivity contribution < 1.29 is 0 Å². The Hall–Kier alpha value is -7.60. The molecular formula is C54H32N4S. The van der Waals surface area contributed by atoms with Gasteiger partial charge in [-0.3, -0.25) is 0 Å². The summed E-state index contributed by atoms with van der Waals surface area (Å²) in [6.07, 6.45) is 0. The molecule has 0 aliphatic heterocycles. The molecule has 3 heterocycles. The summed E-state index contributed by atoms with van der Waals surface area (Å²) in [5.74, 6) is 1.92. The number of pyridine rings is 1. The fourth-order valence-electron chi connectivity index (χ4n) is 8.51. The van der Waals surface area contributed by atoms with Gasteiger partial charge in [-0.15, -0.1) is 11.3 Å². The minimum atomic E-state index is 0.631. The van der Waals surface area contributed by atoms with E-state index in [0.29, 0.717) is 17.5 Å². The molecule has 0 unspecified atom stereocenters. The summed E-state index contributed by atoms with van der Waals surface area (Å²) in [5, 5.41) is 10.8. The number of hydrogen-bond acceptors (Lipinski definition) is 5. The van der Waals surface area contributed by atoms with Crippen LogP contribution in [0.5, 0.6) is 0 Å². The van der Waals surface area contributed by atoms with Crippen LogP contribution in [0.3, 0.4) is 0 Å². The molecule has 0 amide bonds. The first kappa shape index (κ1) is 33.5. The van der Waals surface area contributed by atoms with Crippen LogP contribution in [0.4, 0.5) is 0 Å². The summed E-state index contributed by atoms with van der Waals surface area (Å²) in [6, 6.07) is 68.6. The fourth-order valence-corrected chi connectivity index (χ4v) is 9.78. The van der Waals surface area contributed by atoms with Crippen molar-refractivity contribution >= 4 is 74.7 Å². The van der Waals surface area contributed by atoms with E-state index in [1.54, 1.807) is 0 Å². The lowest BCUT2D eigenvalue weighted by Crippen LogP contribution is -2.00. The lowest BCUT2D eigenvalue weighted by atomic mass is 9.96. The molecule has 0 spiro atoms. The Morgan fingerprint density at radius 3 is 1.56 bits per heavy atom. The SMILES string of the molecule is c1cc(-c2ccc(-c3nc(-c4ccc5ccccc5c4)nc(-c4ccc5ccccc5c4)n3)cc2)cc(-c2nc3ccccc3c3c2ccc2c4ccccc4sc23)c1. The minimum Gasteiger partial charge on any atom is -0.247 e. The zero-order chi connectivity index (χ0) is 38.9. The molecule has 0 atom stereocenters. The lowest BCUT2D eigenvalue weighted by molar-refractivity contribution is 1.08. The topological polar surface area (TPSA) is 51.6 Å².